The number of nitrogens with two attached hydrogens (primary N) is 1. The molecule has 37 heavy (non-hydrogen) atoms. The lowest BCUT2D eigenvalue weighted by atomic mass is 9.64. The Balaban J connectivity index is 1.55. The number of hydrogen-bond donors (Lipinski definition) is 2. The van der Waals surface area contributed by atoms with Gasteiger partial charge in [0.25, 0.3) is 0 Å². The lowest BCUT2D eigenvalue weighted by Gasteiger charge is -2.43. The molecule has 196 valence electrons. The summed E-state index contributed by atoms with van der Waals surface area (Å²) in [5.41, 5.74) is 7.45. The van der Waals surface area contributed by atoms with Gasteiger partial charge in [-0.3, -0.25) is 4.99 Å². The van der Waals surface area contributed by atoms with Gasteiger partial charge in [-0.1, -0.05) is 18.0 Å². The molecule has 4 heterocycles. The zero-order valence-electron chi connectivity index (χ0n) is 21.2. The number of aliphatic imine (C=N–C) groups is 1. The molecule has 0 unspecified atom stereocenters. The summed E-state index contributed by atoms with van der Waals surface area (Å²) in [7, 11) is 1.66. The van der Waals surface area contributed by atoms with E-state index in [1.165, 1.54) is 6.20 Å². The molecule has 1 aliphatic heterocycles. The summed E-state index contributed by atoms with van der Waals surface area (Å²) in [6.45, 7) is 3.87. The van der Waals surface area contributed by atoms with Gasteiger partial charge in [-0.05, 0) is 57.5 Å². The van der Waals surface area contributed by atoms with Gasteiger partial charge in [0, 0.05) is 55.0 Å². The molecular weight excluding hydrogens is 498 g/mol. The zero-order valence-corrected chi connectivity index (χ0v) is 21.9. The van der Waals surface area contributed by atoms with Crippen molar-refractivity contribution in [2.24, 2.45) is 10.7 Å². The smallest absolute Gasteiger partial charge is 0.246 e. The maximum Gasteiger partial charge on any atom is 0.246 e. The average Bonchev–Trinajstić information content (AvgIpc) is 3.42. The normalized spacial score (nSPS) is 19.3. The third-order valence-corrected chi connectivity index (χ3v) is 7.70. The lowest BCUT2D eigenvalue weighted by Crippen LogP contribution is -2.42. The molecule has 5 rings (SSSR count). The van der Waals surface area contributed by atoms with Crippen LogP contribution in [0.15, 0.2) is 41.8 Å². The second-order valence-corrected chi connectivity index (χ2v) is 10.6. The van der Waals surface area contributed by atoms with Gasteiger partial charge in [-0.15, -0.1) is 10.2 Å². The van der Waals surface area contributed by atoms with E-state index in [2.05, 4.69) is 41.5 Å². The number of rotatable bonds is 6. The summed E-state index contributed by atoms with van der Waals surface area (Å²) in [5, 5.41) is 12.7. The highest BCUT2D eigenvalue weighted by atomic mass is 35.5. The zero-order chi connectivity index (χ0) is 26.4. The van der Waals surface area contributed by atoms with Crippen LogP contribution in [0.1, 0.15) is 57.8 Å². The van der Waals surface area contributed by atoms with E-state index in [0.717, 1.165) is 43.1 Å². The topological polar surface area (TPSA) is 98.9 Å². The molecule has 0 spiro atoms. The Labute approximate surface area is 219 Å². The minimum atomic E-state index is -2.76. The maximum atomic E-state index is 14.2. The van der Waals surface area contributed by atoms with E-state index in [4.69, 9.17) is 17.3 Å². The molecule has 2 aliphatic rings. The minimum absolute atomic E-state index is 0.0916. The molecule has 1 atom stereocenters. The van der Waals surface area contributed by atoms with Gasteiger partial charge in [0.1, 0.15) is 17.5 Å². The second-order valence-electron chi connectivity index (χ2n) is 10.2. The maximum absolute atomic E-state index is 14.2. The van der Waals surface area contributed by atoms with Gasteiger partial charge in [0.2, 0.25) is 5.92 Å². The average molecular weight is 529 g/mol. The van der Waals surface area contributed by atoms with Gasteiger partial charge in [0.15, 0.2) is 5.82 Å². The summed E-state index contributed by atoms with van der Waals surface area (Å²) in [6.07, 6.45) is 9.65. The van der Waals surface area contributed by atoms with Gasteiger partial charge in [-0.2, -0.15) is 0 Å². The summed E-state index contributed by atoms with van der Waals surface area (Å²) < 4.78 is 32.6. The summed E-state index contributed by atoms with van der Waals surface area (Å²) in [5.74, 6) is -0.236. The van der Waals surface area contributed by atoms with Crippen molar-refractivity contribution in [3.63, 3.8) is 0 Å². The van der Waals surface area contributed by atoms with Crippen molar-refractivity contribution in [1.29, 1.82) is 0 Å². The molecule has 0 bridgehead atoms. The molecule has 0 saturated heterocycles. The summed E-state index contributed by atoms with van der Waals surface area (Å²) >= 11 is 6.57. The minimum Gasteiger partial charge on any atom is -0.404 e. The highest BCUT2D eigenvalue weighted by Crippen LogP contribution is 2.51. The van der Waals surface area contributed by atoms with Crippen LogP contribution in [0.5, 0.6) is 0 Å². The monoisotopic (exact) mass is 528 g/mol. The largest absolute Gasteiger partial charge is 0.404 e. The number of aryl methyl sites for hydroxylation is 1. The number of alkyl halides is 2. The second kappa shape index (κ2) is 9.55. The van der Waals surface area contributed by atoms with Crippen LogP contribution in [0.4, 0.5) is 14.6 Å². The fourth-order valence-electron chi connectivity index (χ4n) is 5.53. The Bertz CT molecular complexity index is 1360. The van der Waals surface area contributed by atoms with Gasteiger partial charge >= 0.3 is 0 Å². The number of hydrogen-bond acceptors (Lipinski definition) is 5. The number of anilines is 1. The van der Waals surface area contributed by atoms with Crippen LogP contribution >= 0.6 is 11.6 Å². The van der Waals surface area contributed by atoms with Gasteiger partial charge in [-0.25, -0.2) is 13.8 Å². The molecule has 3 aromatic heterocycles. The Morgan fingerprint density at radius 1 is 1.35 bits per heavy atom. The fraction of sp³-hybridized carbons (Fsp3) is 0.462. The number of halogens is 3. The van der Waals surface area contributed by atoms with Gasteiger partial charge in [0.05, 0.1) is 10.7 Å². The van der Waals surface area contributed by atoms with E-state index < -0.39 is 11.3 Å². The van der Waals surface area contributed by atoms with Crippen LogP contribution in [0.2, 0.25) is 5.02 Å². The van der Waals surface area contributed by atoms with Crippen molar-refractivity contribution in [2.75, 3.05) is 12.4 Å². The number of amidine groups is 1. The van der Waals surface area contributed by atoms with Crippen molar-refractivity contribution < 1.29 is 8.78 Å². The molecule has 0 radical (unpaired) electrons. The predicted octanol–water partition coefficient (Wildman–Crippen LogP) is 5.81. The van der Waals surface area contributed by atoms with Gasteiger partial charge < -0.3 is 20.2 Å². The predicted molar refractivity (Wildman–Crippen MR) is 142 cm³/mol. The van der Waals surface area contributed by atoms with Crippen LogP contribution in [0.3, 0.4) is 0 Å². The molecule has 3 N–H and O–H groups in total. The van der Waals surface area contributed by atoms with Crippen LogP contribution in [0, 0.1) is 0 Å². The molecule has 11 heteroatoms. The van der Waals surface area contributed by atoms with E-state index >= 15 is 0 Å². The van der Waals surface area contributed by atoms with E-state index in [9.17, 15) is 8.78 Å². The highest BCUT2D eigenvalue weighted by Gasteiger charge is 2.49. The number of nitrogens with zero attached hydrogens (tertiary/aromatic N) is 6. The Morgan fingerprint density at radius 2 is 2.14 bits per heavy atom. The van der Waals surface area contributed by atoms with Crippen molar-refractivity contribution in [1.82, 2.24) is 24.3 Å². The lowest BCUT2D eigenvalue weighted by molar-refractivity contribution is -0.0304. The van der Waals surface area contributed by atoms with Crippen LogP contribution in [0.25, 0.3) is 22.6 Å². The molecule has 3 aromatic rings. The number of pyridine rings is 1. The van der Waals surface area contributed by atoms with Crippen molar-refractivity contribution in [2.45, 2.75) is 69.9 Å². The summed E-state index contributed by atoms with van der Waals surface area (Å²) in [4.78, 5) is 8.51. The Morgan fingerprint density at radius 3 is 2.78 bits per heavy atom. The van der Waals surface area contributed by atoms with E-state index in [-0.39, 0.29) is 12.5 Å². The number of aromatic nitrogens is 5. The Kier molecular flexibility index (Phi) is 6.55. The van der Waals surface area contributed by atoms with Crippen molar-refractivity contribution >= 4 is 23.3 Å². The third kappa shape index (κ3) is 4.74. The standard InChI is InChI=1S/C26H31ClF2N8/c1-16-6-10-36-14-17(18-12-22(32-13-19(18)27)33-21(31-3)5-9-30)11-20(36)23-34-35-24(37(16)23)26(7-4-8-26)15-25(2,28)29/h5,9,11-14,16H,4,6-8,10,15,30H2,1-3H3,(H,31,32,33)/t16-/m0/s1. The third-order valence-electron chi connectivity index (χ3n) is 7.40. The Hall–Kier alpha value is -3.27. The first kappa shape index (κ1) is 25.4. The molecule has 0 amide bonds. The molecule has 1 fully saturated rings. The first-order chi connectivity index (χ1) is 17.6. The summed E-state index contributed by atoms with van der Waals surface area (Å²) in [6, 6.07) is 3.98. The fourth-order valence-corrected chi connectivity index (χ4v) is 5.74. The number of fused-ring (bicyclic) bond motifs is 3. The highest BCUT2D eigenvalue weighted by molar-refractivity contribution is 6.33. The quantitative estimate of drug-likeness (QED) is 0.311. The molecule has 1 aliphatic carbocycles. The SMILES string of the molecule is CN=C(C=CN)Nc1cc(-c2cc3n(c2)CC[C@H](C)n2c-3nnc2C2(CC(C)(F)F)CCC2)c(Cl)cn1. The first-order valence-corrected chi connectivity index (χ1v) is 12.8. The van der Waals surface area contributed by atoms with Crippen LogP contribution in [-0.2, 0) is 12.0 Å². The van der Waals surface area contributed by atoms with Crippen LogP contribution in [-0.4, -0.2) is 43.1 Å². The molecule has 0 aromatic carbocycles. The first-order valence-electron chi connectivity index (χ1n) is 12.5. The van der Waals surface area contributed by atoms with E-state index in [0.29, 0.717) is 41.2 Å². The number of nitrogens with one attached hydrogen (secondary N) is 1. The van der Waals surface area contributed by atoms with E-state index in [1.807, 2.05) is 18.3 Å². The molecular formula is C26H31ClF2N8. The van der Waals surface area contributed by atoms with Crippen molar-refractivity contribution in [3.8, 4) is 22.6 Å². The molecule has 8 nitrogen and oxygen atoms in total. The van der Waals surface area contributed by atoms with Crippen LogP contribution < -0.4 is 11.1 Å². The van der Waals surface area contributed by atoms with Crippen molar-refractivity contribution in [3.05, 3.63) is 47.6 Å². The van der Waals surface area contributed by atoms with E-state index in [1.54, 1.807) is 19.3 Å². The molecule has 1 saturated carbocycles.